The SMILES string of the molecule is COc1ccc(C(=O)C(C)Oc2cc(F)ccc2C)cc1. The van der Waals surface area contributed by atoms with Crippen molar-refractivity contribution in [3.05, 3.63) is 59.4 Å². The highest BCUT2D eigenvalue weighted by Gasteiger charge is 2.18. The van der Waals surface area contributed by atoms with E-state index >= 15 is 0 Å². The third kappa shape index (κ3) is 3.60. The lowest BCUT2D eigenvalue weighted by molar-refractivity contribution is 0.0816. The maximum absolute atomic E-state index is 13.2. The molecule has 0 N–H and O–H groups in total. The molecule has 0 radical (unpaired) electrons. The second-order valence-electron chi connectivity index (χ2n) is 4.76. The fourth-order valence-electron chi connectivity index (χ4n) is 1.93. The van der Waals surface area contributed by atoms with E-state index in [2.05, 4.69) is 0 Å². The highest BCUT2D eigenvalue weighted by atomic mass is 19.1. The van der Waals surface area contributed by atoms with Gasteiger partial charge in [0.15, 0.2) is 6.10 Å². The summed E-state index contributed by atoms with van der Waals surface area (Å²) >= 11 is 0. The van der Waals surface area contributed by atoms with Crippen LogP contribution in [0.2, 0.25) is 0 Å². The molecule has 2 aromatic carbocycles. The third-order valence-corrected chi connectivity index (χ3v) is 3.20. The van der Waals surface area contributed by atoms with Crippen molar-refractivity contribution in [2.75, 3.05) is 7.11 Å². The van der Waals surface area contributed by atoms with Crippen LogP contribution < -0.4 is 9.47 Å². The Morgan fingerprint density at radius 3 is 2.43 bits per heavy atom. The second kappa shape index (κ2) is 6.39. The Morgan fingerprint density at radius 1 is 1.14 bits per heavy atom. The Hall–Kier alpha value is -2.36. The number of aryl methyl sites for hydroxylation is 1. The number of ether oxygens (including phenoxy) is 2. The smallest absolute Gasteiger partial charge is 0.202 e. The van der Waals surface area contributed by atoms with Gasteiger partial charge in [0.25, 0.3) is 0 Å². The standard InChI is InChI=1S/C17H17FO3/c1-11-4-7-14(18)10-16(11)21-12(2)17(19)13-5-8-15(20-3)9-6-13/h4-10,12H,1-3H3. The van der Waals surface area contributed by atoms with E-state index in [1.807, 2.05) is 0 Å². The summed E-state index contributed by atoms with van der Waals surface area (Å²) in [7, 11) is 1.56. The lowest BCUT2D eigenvalue weighted by atomic mass is 10.1. The fraction of sp³-hybridized carbons (Fsp3) is 0.235. The Kier molecular flexibility index (Phi) is 4.58. The minimum absolute atomic E-state index is 0.165. The van der Waals surface area contributed by atoms with Crippen molar-refractivity contribution in [3.8, 4) is 11.5 Å². The zero-order valence-electron chi connectivity index (χ0n) is 12.2. The molecule has 0 heterocycles. The summed E-state index contributed by atoms with van der Waals surface area (Å²) in [5, 5.41) is 0. The average molecular weight is 288 g/mol. The van der Waals surface area contributed by atoms with Crippen molar-refractivity contribution >= 4 is 5.78 Å². The number of rotatable bonds is 5. The molecule has 0 aliphatic carbocycles. The second-order valence-corrected chi connectivity index (χ2v) is 4.76. The topological polar surface area (TPSA) is 35.5 Å². The summed E-state index contributed by atoms with van der Waals surface area (Å²) in [5.41, 5.74) is 1.31. The van der Waals surface area contributed by atoms with Crippen molar-refractivity contribution < 1.29 is 18.7 Å². The molecule has 4 heteroatoms. The number of benzene rings is 2. The van der Waals surface area contributed by atoms with Gasteiger partial charge in [-0.3, -0.25) is 4.79 Å². The van der Waals surface area contributed by atoms with Crippen LogP contribution in [0.3, 0.4) is 0 Å². The minimum Gasteiger partial charge on any atom is -0.497 e. The molecular weight excluding hydrogens is 271 g/mol. The van der Waals surface area contributed by atoms with E-state index in [1.165, 1.54) is 12.1 Å². The summed E-state index contributed by atoms with van der Waals surface area (Å²) in [6, 6.07) is 11.1. The minimum atomic E-state index is -0.695. The fourth-order valence-corrected chi connectivity index (χ4v) is 1.93. The van der Waals surface area contributed by atoms with Crippen LogP contribution in [-0.2, 0) is 0 Å². The number of carbonyl (C=O) groups is 1. The Morgan fingerprint density at radius 2 is 1.81 bits per heavy atom. The molecule has 2 rings (SSSR count). The van der Waals surface area contributed by atoms with Gasteiger partial charge in [0, 0.05) is 11.6 Å². The number of Topliss-reactive ketones (excluding diaryl/α,β-unsaturated/α-hetero) is 1. The van der Waals surface area contributed by atoms with Crippen LogP contribution in [0.25, 0.3) is 0 Å². The van der Waals surface area contributed by atoms with E-state index in [0.717, 1.165) is 5.56 Å². The van der Waals surface area contributed by atoms with Gasteiger partial charge in [-0.1, -0.05) is 6.07 Å². The van der Waals surface area contributed by atoms with Crippen LogP contribution >= 0.6 is 0 Å². The van der Waals surface area contributed by atoms with Crippen molar-refractivity contribution in [1.82, 2.24) is 0 Å². The maximum Gasteiger partial charge on any atom is 0.202 e. The van der Waals surface area contributed by atoms with Crippen molar-refractivity contribution in [1.29, 1.82) is 0 Å². The molecule has 0 bridgehead atoms. The quantitative estimate of drug-likeness (QED) is 0.785. The monoisotopic (exact) mass is 288 g/mol. The molecule has 0 saturated heterocycles. The van der Waals surface area contributed by atoms with Gasteiger partial charge in [-0.05, 0) is 49.7 Å². The molecule has 110 valence electrons. The van der Waals surface area contributed by atoms with E-state index < -0.39 is 6.10 Å². The molecule has 21 heavy (non-hydrogen) atoms. The van der Waals surface area contributed by atoms with Gasteiger partial charge in [-0.2, -0.15) is 0 Å². The normalized spacial score (nSPS) is 11.8. The number of carbonyl (C=O) groups excluding carboxylic acids is 1. The van der Waals surface area contributed by atoms with Gasteiger partial charge in [-0.15, -0.1) is 0 Å². The van der Waals surface area contributed by atoms with E-state index in [1.54, 1.807) is 51.3 Å². The summed E-state index contributed by atoms with van der Waals surface area (Å²) < 4.78 is 23.9. The average Bonchev–Trinajstić information content (AvgIpc) is 2.50. The number of hydrogen-bond acceptors (Lipinski definition) is 3. The molecule has 2 aromatic rings. The summed E-state index contributed by atoms with van der Waals surface area (Å²) in [6.07, 6.45) is -0.695. The van der Waals surface area contributed by atoms with E-state index in [0.29, 0.717) is 17.1 Å². The number of hydrogen-bond donors (Lipinski definition) is 0. The first-order valence-electron chi connectivity index (χ1n) is 6.62. The van der Waals surface area contributed by atoms with Gasteiger partial charge < -0.3 is 9.47 Å². The van der Waals surface area contributed by atoms with Gasteiger partial charge in [0.05, 0.1) is 7.11 Å². The predicted octanol–water partition coefficient (Wildman–Crippen LogP) is 3.79. The summed E-state index contributed by atoms with van der Waals surface area (Å²) in [6.45, 7) is 3.45. The molecule has 0 aliphatic rings. The van der Waals surface area contributed by atoms with Crippen molar-refractivity contribution in [2.45, 2.75) is 20.0 Å². The molecule has 1 unspecified atom stereocenters. The molecule has 0 saturated carbocycles. The van der Waals surface area contributed by atoms with Gasteiger partial charge in [0.1, 0.15) is 17.3 Å². The highest BCUT2D eigenvalue weighted by molar-refractivity contribution is 5.99. The van der Waals surface area contributed by atoms with Gasteiger partial charge in [-0.25, -0.2) is 4.39 Å². The molecule has 0 aliphatic heterocycles. The van der Waals surface area contributed by atoms with Gasteiger partial charge >= 0.3 is 0 Å². The van der Waals surface area contributed by atoms with Crippen molar-refractivity contribution in [3.63, 3.8) is 0 Å². The number of halogens is 1. The van der Waals surface area contributed by atoms with Crippen LogP contribution in [0.4, 0.5) is 4.39 Å². The highest BCUT2D eigenvalue weighted by Crippen LogP contribution is 2.21. The molecular formula is C17H17FO3. The lowest BCUT2D eigenvalue weighted by Gasteiger charge is -2.15. The molecule has 1 atom stereocenters. The van der Waals surface area contributed by atoms with Crippen molar-refractivity contribution in [2.24, 2.45) is 0 Å². The van der Waals surface area contributed by atoms with Gasteiger partial charge in [0.2, 0.25) is 5.78 Å². The first-order chi connectivity index (χ1) is 10.0. The lowest BCUT2D eigenvalue weighted by Crippen LogP contribution is -2.24. The first-order valence-corrected chi connectivity index (χ1v) is 6.62. The van der Waals surface area contributed by atoms with Crippen LogP contribution in [0.1, 0.15) is 22.8 Å². The summed E-state index contributed by atoms with van der Waals surface area (Å²) in [4.78, 5) is 12.3. The van der Waals surface area contributed by atoms with E-state index in [-0.39, 0.29) is 11.6 Å². The number of methoxy groups -OCH3 is 1. The molecule has 0 spiro atoms. The molecule has 0 aromatic heterocycles. The van der Waals surface area contributed by atoms with E-state index in [4.69, 9.17) is 9.47 Å². The van der Waals surface area contributed by atoms with Crippen LogP contribution in [0, 0.1) is 12.7 Å². The zero-order valence-corrected chi connectivity index (χ0v) is 12.2. The molecule has 0 fully saturated rings. The maximum atomic E-state index is 13.2. The predicted molar refractivity (Wildman–Crippen MR) is 78.6 cm³/mol. The molecule has 0 amide bonds. The Labute approximate surface area is 123 Å². The van der Waals surface area contributed by atoms with Crippen LogP contribution in [0.15, 0.2) is 42.5 Å². The first kappa shape index (κ1) is 15.0. The largest absolute Gasteiger partial charge is 0.497 e. The third-order valence-electron chi connectivity index (χ3n) is 3.20. The Bertz CT molecular complexity index is 635. The van der Waals surface area contributed by atoms with E-state index in [9.17, 15) is 9.18 Å². The van der Waals surface area contributed by atoms with Crippen LogP contribution in [-0.4, -0.2) is 19.0 Å². The molecule has 3 nitrogen and oxygen atoms in total. The summed E-state index contributed by atoms with van der Waals surface area (Å²) in [5.74, 6) is 0.506. The van der Waals surface area contributed by atoms with Crippen LogP contribution in [0.5, 0.6) is 11.5 Å². The number of ketones is 1. The Balaban J connectivity index is 2.13. The zero-order chi connectivity index (χ0) is 15.4.